The molecular weight excluding hydrogens is 368 g/mol. The molecule has 2 aromatic rings. The van der Waals surface area contributed by atoms with Crippen LogP contribution in [0.1, 0.15) is 17.3 Å². The van der Waals surface area contributed by atoms with Crippen molar-refractivity contribution in [3.05, 3.63) is 59.1 Å². The quantitative estimate of drug-likeness (QED) is 0.714. The number of nitrogens with zero attached hydrogens (tertiary/aromatic N) is 1. The molecule has 2 amide bonds. The summed E-state index contributed by atoms with van der Waals surface area (Å²) in [6.45, 7) is 3.01. The topological polar surface area (TPSA) is 67.9 Å². The van der Waals surface area contributed by atoms with Gasteiger partial charge in [0.2, 0.25) is 5.91 Å². The Morgan fingerprint density at radius 3 is 2.41 bits per heavy atom. The Morgan fingerprint density at radius 1 is 1.07 bits per heavy atom. The summed E-state index contributed by atoms with van der Waals surface area (Å²) in [6.07, 6.45) is 0. The molecule has 0 bridgehead atoms. The lowest BCUT2D eigenvalue weighted by Gasteiger charge is -2.21. The maximum Gasteiger partial charge on any atom is 0.251 e. The molecule has 27 heavy (non-hydrogen) atoms. The van der Waals surface area contributed by atoms with Gasteiger partial charge in [0, 0.05) is 30.6 Å². The molecule has 0 aliphatic carbocycles. The molecule has 0 aliphatic heterocycles. The second-order valence-electron chi connectivity index (χ2n) is 5.80. The number of hydrogen-bond donors (Lipinski definition) is 1. The van der Waals surface area contributed by atoms with E-state index in [9.17, 15) is 9.59 Å². The number of nitrogens with one attached hydrogen (secondary N) is 1. The molecule has 0 saturated carbocycles. The lowest BCUT2D eigenvalue weighted by Crippen LogP contribution is -2.39. The standard InChI is InChI=1S/C20H23ClN2O4/c1-15(24)23(12-13-27-19-8-6-18(26-2)7-9-19)11-10-22-20(25)16-4-3-5-17(21)14-16/h3-9,14H,10-13H2,1-2H3,(H,22,25). The van der Waals surface area contributed by atoms with Crippen LogP contribution in [0.2, 0.25) is 5.02 Å². The van der Waals surface area contributed by atoms with Crippen LogP contribution in [0.25, 0.3) is 0 Å². The normalized spacial score (nSPS) is 10.2. The monoisotopic (exact) mass is 390 g/mol. The zero-order valence-electron chi connectivity index (χ0n) is 15.4. The molecule has 0 heterocycles. The van der Waals surface area contributed by atoms with Gasteiger partial charge in [-0.25, -0.2) is 0 Å². The van der Waals surface area contributed by atoms with E-state index in [-0.39, 0.29) is 11.8 Å². The number of rotatable bonds is 9. The minimum Gasteiger partial charge on any atom is -0.497 e. The highest BCUT2D eigenvalue weighted by molar-refractivity contribution is 6.30. The molecule has 144 valence electrons. The van der Waals surface area contributed by atoms with Crippen LogP contribution in [-0.2, 0) is 4.79 Å². The number of benzene rings is 2. The van der Waals surface area contributed by atoms with Gasteiger partial charge in [-0.15, -0.1) is 0 Å². The Hall–Kier alpha value is -2.73. The summed E-state index contributed by atoms with van der Waals surface area (Å²) in [7, 11) is 1.60. The minimum atomic E-state index is -0.226. The smallest absolute Gasteiger partial charge is 0.251 e. The number of hydrogen-bond acceptors (Lipinski definition) is 4. The third kappa shape index (κ3) is 6.83. The maximum absolute atomic E-state index is 12.1. The molecule has 0 spiro atoms. The molecule has 2 rings (SSSR count). The van der Waals surface area contributed by atoms with Gasteiger partial charge in [0.25, 0.3) is 5.91 Å². The molecule has 0 unspecified atom stereocenters. The SMILES string of the molecule is COc1ccc(OCCN(CCNC(=O)c2cccc(Cl)c2)C(C)=O)cc1. The predicted octanol–water partition coefficient (Wildman–Crippen LogP) is 3.01. The van der Waals surface area contributed by atoms with E-state index < -0.39 is 0 Å². The number of carbonyl (C=O) groups excluding carboxylic acids is 2. The van der Waals surface area contributed by atoms with Crippen LogP contribution in [-0.4, -0.2) is 50.1 Å². The highest BCUT2D eigenvalue weighted by Gasteiger charge is 2.10. The van der Waals surface area contributed by atoms with Gasteiger partial charge in [0.15, 0.2) is 0 Å². The van der Waals surface area contributed by atoms with Crippen molar-refractivity contribution >= 4 is 23.4 Å². The predicted molar refractivity (Wildman–Crippen MR) is 105 cm³/mol. The van der Waals surface area contributed by atoms with Crippen molar-refractivity contribution in [3.63, 3.8) is 0 Å². The fourth-order valence-electron chi connectivity index (χ4n) is 2.41. The Bertz CT molecular complexity index is 765. The minimum absolute atomic E-state index is 0.0784. The fourth-order valence-corrected chi connectivity index (χ4v) is 2.60. The molecule has 7 heteroatoms. The van der Waals surface area contributed by atoms with Crippen LogP contribution in [0.15, 0.2) is 48.5 Å². The summed E-state index contributed by atoms with van der Waals surface area (Å²) >= 11 is 5.89. The van der Waals surface area contributed by atoms with E-state index in [1.54, 1.807) is 36.3 Å². The maximum atomic E-state index is 12.1. The molecule has 0 atom stereocenters. The van der Waals surface area contributed by atoms with Crippen LogP contribution in [0.4, 0.5) is 0 Å². The molecule has 1 N–H and O–H groups in total. The fraction of sp³-hybridized carbons (Fsp3) is 0.300. The van der Waals surface area contributed by atoms with Crippen LogP contribution in [0.3, 0.4) is 0 Å². The average molecular weight is 391 g/mol. The first-order chi connectivity index (χ1) is 13.0. The first kappa shape index (κ1) is 20.6. The van der Waals surface area contributed by atoms with Gasteiger partial charge < -0.3 is 19.7 Å². The molecule has 0 radical (unpaired) electrons. The van der Waals surface area contributed by atoms with Crippen molar-refractivity contribution in [1.29, 1.82) is 0 Å². The molecule has 6 nitrogen and oxygen atoms in total. The van der Waals surface area contributed by atoms with Crippen molar-refractivity contribution in [1.82, 2.24) is 10.2 Å². The third-order valence-electron chi connectivity index (χ3n) is 3.89. The van der Waals surface area contributed by atoms with E-state index in [1.807, 2.05) is 24.3 Å². The second-order valence-corrected chi connectivity index (χ2v) is 6.23. The summed E-state index contributed by atoms with van der Waals surface area (Å²) < 4.78 is 10.7. The number of halogens is 1. The van der Waals surface area contributed by atoms with Crippen molar-refractivity contribution < 1.29 is 19.1 Å². The summed E-state index contributed by atoms with van der Waals surface area (Å²) in [4.78, 5) is 25.5. The van der Waals surface area contributed by atoms with E-state index in [0.29, 0.717) is 42.6 Å². The first-order valence-corrected chi connectivity index (χ1v) is 8.93. The van der Waals surface area contributed by atoms with Crippen molar-refractivity contribution in [2.24, 2.45) is 0 Å². The van der Waals surface area contributed by atoms with E-state index in [1.165, 1.54) is 6.92 Å². The van der Waals surface area contributed by atoms with Gasteiger partial charge in [-0.2, -0.15) is 0 Å². The van der Waals surface area contributed by atoms with E-state index in [2.05, 4.69) is 5.32 Å². The van der Waals surface area contributed by atoms with Gasteiger partial charge in [-0.05, 0) is 42.5 Å². The van der Waals surface area contributed by atoms with Gasteiger partial charge >= 0.3 is 0 Å². The number of ether oxygens (including phenoxy) is 2. The van der Waals surface area contributed by atoms with Gasteiger partial charge in [0.05, 0.1) is 13.7 Å². The summed E-state index contributed by atoms with van der Waals surface area (Å²) in [5, 5.41) is 3.29. The molecule has 0 aliphatic rings. The Kier molecular flexibility index (Phi) is 7.95. The first-order valence-electron chi connectivity index (χ1n) is 8.55. The summed E-state index contributed by atoms with van der Waals surface area (Å²) in [5.74, 6) is 1.15. The van der Waals surface area contributed by atoms with Crippen LogP contribution >= 0.6 is 11.6 Å². The van der Waals surface area contributed by atoms with Gasteiger partial charge in [0.1, 0.15) is 18.1 Å². The van der Waals surface area contributed by atoms with Crippen molar-refractivity contribution in [3.8, 4) is 11.5 Å². The van der Waals surface area contributed by atoms with E-state index in [0.717, 1.165) is 5.75 Å². The highest BCUT2D eigenvalue weighted by Crippen LogP contribution is 2.16. The Labute approximate surface area is 164 Å². The van der Waals surface area contributed by atoms with Crippen molar-refractivity contribution in [2.45, 2.75) is 6.92 Å². The summed E-state index contributed by atoms with van der Waals surface area (Å²) in [5.41, 5.74) is 0.486. The Balaban J connectivity index is 1.76. The van der Waals surface area contributed by atoms with E-state index >= 15 is 0 Å². The number of methoxy groups -OCH3 is 1. The van der Waals surface area contributed by atoms with Gasteiger partial charge in [-0.1, -0.05) is 17.7 Å². The summed E-state index contributed by atoms with van der Waals surface area (Å²) in [6, 6.07) is 13.9. The molecule has 2 aromatic carbocycles. The van der Waals surface area contributed by atoms with Crippen LogP contribution in [0, 0.1) is 0 Å². The largest absolute Gasteiger partial charge is 0.497 e. The average Bonchev–Trinajstić information content (AvgIpc) is 2.67. The Morgan fingerprint density at radius 2 is 1.78 bits per heavy atom. The van der Waals surface area contributed by atoms with Gasteiger partial charge in [-0.3, -0.25) is 9.59 Å². The van der Waals surface area contributed by atoms with E-state index in [4.69, 9.17) is 21.1 Å². The molecule has 0 saturated heterocycles. The molecular formula is C20H23ClN2O4. The number of amides is 2. The van der Waals surface area contributed by atoms with Crippen LogP contribution < -0.4 is 14.8 Å². The lowest BCUT2D eigenvalue weighted by molar-refractivity contribution is -0.129. The van der Waals surface area contributed by atoms with Crippen molar-refractivity contribution in [2.75, 3.05) is 33.4 Å². The zero-order valence-corrected chi connectivity index (χ0v) is 16.2. The molecule has 0 fully saturated rings. The lowest BCUT2D eigenvalue weighted by atomic mass is 10.2. The highest BCUT2D eigenvalue weighted by atomic mass is 35.5. The number of carbonyl (C=O) groups is 2. The third-order valence-corrected chi connectivity index (χ3v) is 4.12. The second kappa shape index (κ2) is 10.4. The zero-order chi connectivity index (χ0) is 19.6. The molecule has 0 aromatic heterocycles. The van der Waals surface area contributed by atoms with Crippen LogP contribution in [0.5, 0.6) is 11.5 Å².